The van der Waals surface area contributed by atoms with Gasteiger partial charge in [0, 0.05) is 6.54 Å². The molecule has 3 heteroatoms. The molecule has 0 unspecified atom stereocenters. The third kappa shape index (κ3) is 7.30. The van der Waals surface area contributed by atoms with Gasteiger partial charge in [0.25, 0.3) is 0 Å². The third-order valence-electron chi connectivity index (χ3n) is 3.13. The largest absolute Gasteiger partial charge is 0.492 e. The van der Waals surface area contributed by atoms with Gasteiger partial charge >= 0.3 is 0 Å². The molecule has 0 spiro atoms. The molecule has 0 saturated carbocycles. The highest BCUT2D eigenvalue weighted by Crippen LogP contribution is 2.26. The van der Waals surface area contributed by atoms with Crippen molar-refractivity contribution in [3.8, 4) is 5.75 Å². The van der Waals surface area contributed by atoms with Crippen LogP contribution in [-0.4, -0.2) is 13.2 Å². The van der Waals surface area contributed by atoms with Crippen molar-refractivity contribution in [2.45, 2.75) is 53.0 Å². The molecule has 1 aromatic carbocycles. The molecule has 0 aromatic heterocycles. The van der Waals surface area contributed by atoms with E-state index in [1.165, 1.54) is 24.8 Å². The van der Waals surface area contributed by atoms with E-state index < -0.39 is 0 Å². The summed E-state index contributed by atoms with van der Waals surface area (Å²) in [6.45, 7) is 9.44. The second-order valence-corrected chi connectivity index (χ2v) is 6.55. The lowest BCUT2D eigenvalue weighted by atomic mass is 10.2. The molecule has 0 bridgehead atoms. The highest BCUT2D eigenvalue weighted by molar-refractivity contribution is 9.10. The van der Waals surface area contributed by atoms with Gasteiger partial charge in [0.05, 0.1) is 11.1 Å². The summed E-state index contributed by atoms with van der Waals surface area (Å²) in [7, 11) is 0. The minimum Gasteiger partial charge on any atom is -0.492 e. The fraction of sp³-hybridized carbons (Fsp3) is 0.647. The zero-order chi connectivity index (χ0) is 14.8. The van der Waals surface area contributed by atoms with Gasteiger partial charge in [-0.15, -0.1) is 0 Å². The number of halogens is 1. The van der Waals surface area contributed by atoms with Gasteiger partial charge in [-0.05, 0) is 52.5 Å². The summed E-state index contributed by atoms with van der Waals surface area (Å²) in [4.78, 5) is 0. The average molecular weight is 342 g/mol. The first-order valence-corrected chi connectivity index (χ1v) is 8.54. The molecule has 2 nitrogen and oxygen atoms in total. The predicted octanol–water partition coefficient (Wildman–Crippen LogP) is 5.15. The van der Waals surface area contributed by atoms with E-state index in [1.807, 2.05) is 0 Å². The van der Waals surface area contributed by atoms with Crippen LogP contribution < -0.4 is 10.1 Å². The molecule has 0 heterocycles. The number of hydrogen-bond donors (Lipinski definition) is 1. The predicted molar refractivity (Wildman–Crippen MR) is 90.3 cm³/mol. The Morgan fingerprint density at radius 1 is 1.20 bits per heavy atom. The maximum Gasteiger partial charge on any atom is 0.133 e. The van der Waals surface area contributed by atoms with Gasteiger partial charge in [-0.1, -0.05) is 46.1 Å². The number of unbranched alkanes of at least 4 members (excludes halogenated alkanes) is 3. The first-order valence-electron chi connectivity index (χ1n) is 7.75. The lowest BCUT2D eigenvalue weighted by molar-refractivity contribution is 0.303. The van der Waals surface area contributed by atoms with Crippen molar-refractivity contribution in [3.05, 3.63) is 28.2 Å². The molecule has 0 atom stereocenters. The van der Waals surface area contributed by atoms with Gasteiger partial charge in [0.1, 0.15) is 5.75 Å². The Kier molecular flexibility index (Phi) is 8.95. The van der Waals surface area contributed by atoms with Crippen LogP contribution in [0.15, 0.2) is 22.7 Å². The fourth-order valence-corrected chi connectivity index (χ4v) is 2.53. The summed E-state index contributed by atoms with van der Waals surface area (Å²) in [5, 5.41) is 3.45. The summed E-state index contributed by atoms with van der Waals surface area (Å²) in [5.41, 5.74) is 1.29. The maximum absolute atomic E-state index is 5.81. The van der Waals surface area contributed by atoms with Crippen LogP contribution in [0.2, 0.25) is 0 Å². The Bertz CT molecular complexity index is 379. The number of hydrogen-bond acceptors (Lipinski definition) is 2. The molecule has 0 aliphatic rings. The smallest absolute Gasteiger partial charge is 0.133 e. The molecule has 1 rings (SSSR count). The second-order valence-electron chi connectivity index (χ2n) is 5.70. The number of nitrogens with one attached hydrogen (secondary N) is 1. The second kappa shape index (κ2) is 10.2. The molecule has 114 valence electrons. The SMILES string of the molecule is CCCCCCOc1ccc(CNCC(C)C)cc1Br. The van der Waals surface area contributed by atoms with Crippen LogP contribution in [0.25, 0.3) is 0 Å². The van der Waals surface area contributed by atoms with Crippen molar-refractivity contribution in [2.75, 3.05) is 13.2 Å². The standard InChI is InChI=1S/C17H28BrNO/c1-4-5-6-7-10-20-17-9-8-15(11-16(17)18)13-19-12-14(2)3/h8-9,11,14,19H,4-7,10,12-13H2,1-3H3. The van der Waals surface area contributed by atoms with E-state index in [-0.39, 0.29) is 0 Å². The molecule has 0 fully saturated rings. The van der Waals surface area contributed by atoms with E-state index in [2.05, 4.69) is 60.2 Å². The highest BCUT2D eigenvalue weighted by Gasteiger charge is 2.03. The highest BCUT2D eigenvalue weighted by atomic mass is 79.9. The zero-order valence-corrected chi connectivity index (χ0v) is 14.6. The Balaban J connectivity index is 2.35. The van der Waals surface area contributed by atoms with E-state index in [0.29, 0.717) is 5.92 Å². The van der Waals surface area contributed by atoms with Crippen LogP contribution in [0.5, 0.6) is 5.75 Å². The van der Waals surface area contributed by atoms with Crippen LogP contribution in [0.4, 0.5) is 0 Å². The third-order valence-corrected chi connectivity index (χ3v) is 3.75. The molecule has 20 heavy (non-hydrogen) atoms. The van der Waals surface area contributed by atoms with Crippen molar-refractivity contribution in [2.24, 2.45) is 5.92 Å². The van der Waals surface area contributed by atoms with Gasteiger partial charge in [0.15, 0.2) is 0 Å². The summed E-state index contributed by atoms with van der Waals surface area (Å²) in [6.07, 6.45) is 4.95. The molecule has 0 radical (unpaired) electrons. The van der Waals surface area contributed by atoms with Crippen LogP contribution >= 0.6 is 15.9 Å². The van der Waals surface area contributed by atoms with Crippen molar-refractivity contribution >= 4 is 15.9 Å². The van der Waals surface area contributed by atoms with E-state index in [1.54, 1.807) is 0 Å². The van der Waals surface area contributed by atoms with Crippen LogP contribution in [0.3, 0.4) is 0 Å². The van der Waals surface area contributed by atoms with Gasteiger partial charge in [-0.2, -0.15) is 0 Å². The topological polar surface area (TPSA) is 21.3 Å². The normalized spacial score (nSPS) is 11.1. The van der Waals surface area contributed by atoms with Crippen molar-refractivity contribution < 1.29 is 4.74 Å². The van der Waals surface area contributed by atoms with Crippen LogP contribution in [0.1, 0.15) is 52.0 Å². The quantitative estimate of drug-likeness (QED) is 0.594. The van der Waals surface area contributed by atoms with Gasteiger partial charge in [0.2, 0.25) is 0 Å². The molecular weight excluding hydrogens is 314 g/mol. The van der Waals surface area contributed by atoms with Crippen molar-refractivity contribution in [1.82, 2.24) is 5.32 Å². The summed E-state index contributed by atoms with van der Waals surface area (Å²) < 4.78 is 6.87. The molecule has 0 aliphatic heterocycles. The van der Waals surface area contributed by atoms with Gasteiger partial charge in [-0.25, -0.2) is 0 Å². The molecule has 0 saturated heterocycles. The van der Waals surface area contributed by atoms with Gasteiger partial charge < -0.3 is 10.1 Å². The lowest BCUT2D eigenvalue weighted by Gasteiger charge is -2.11. The number of benzene rings is 1. The molecular formula is C17H28BrNO. The van der Waals surface area contributed by atoms with E-state index in [9.17, 15) is 0 Å². The Labute approximate surface area is 132 Å². The van der Waals surface area contributed by atoms with Crippen molar-refractivity contribution in [1.29, 1.82) is 0 Å². The minimum absolute atomic E-state index is 0.684. The Morgan fingerprint density at radius 2 is 2.00 bits per heavy atom. The van der Waals surface area contributed by atoms with Crippen molar-refractivity contribution in [3.63, 3.8) is 0 Å². The van der Waals surface area contributed by atoms with Gasteiger partial charge in [-0.3, -0.25) is 0 Å². The molecule has 0 amide bonds. The average Bonchev–Trinajstić information content (AvgIpc) is 2.40. The van der Waals surface area contributed by atoms with Crippen LogP contribution in [0, 0.1) is 5.92 Å². The Hall–Kier alpha value is -0.540. The first kappa shape index (κ1) is 17.5. The molecule has 0 aliphatic carbocycles. The van der Waals surface area contributed by atoms with E-state index in [0.717, 1.165) is 36.3 Å². The summed E-state index contributed by atoms with van der Waals surface area (Å²) >= 11 is 3.60. The summed E-state index contributed by atoms with van der Waals surface area (Å²) in [6, 6.07) is 6.35. The fourth-order valence-electron chi connectivity index (χ4n) is 1.99. The Morgan fingerprint density at radius 3 is 2.65 bits per heavy atom. The zero-order valence-electron chi connectivity index (χ0n) is 13.0. The minimum atomic E-state index is 0.684. The van der Waals surface area contributed by atoms with Crippen LogP contribution in [-0.2, 0) is 6.54 Å². The first-order chi connectivity index (χ1) is 9.63. The molecule has 1 N–H and O–H groups in total. The molecule has 1 aromatic rings. The lowest BCUT2D eigenvalue weighted by Crippen LogP contribution is -2.18. The monoisotopic (exact) mass is 341 g/mol. The number of ether oxygens (including phenoxy) is 1. The maximum atomic E-state index is 5.81. The number of rotatable bonds is 10. The van der Waals surface area contributed by atoms with E-state index >= 15 is 0 Å². The van der Waals surface area contributed by atoms with E-state index in [4.69, 9.17) is 4.74 Å². The summed E-state index contributed by atoms with van der Waals surface area (Å²) in [5.74, 6) is 1.64.